The highest BCUT2D eigenvalue weighted by Crippen LogP contribution is 2.43. The molecular formula is C30H38F3NO3. The summed E-state index contributed by atoms with van der Waals surface area (Å²) < 4.78 is 48.5. The van der Waals surface area contributed by atoms with Gasteiger partial charge in [-0.05, 0) is 99.1 Å². The zero-order chi connectivity index (χ0) is 26.2. The van der Waals surface area contributed by atoms with Crippen LogP contribution >= 0.6 is 0 Å². The van der Waals surface area contributed by atoms with Crippen LogP contribution in [0, 0.1) is 11.8 Å². The lowest BCUT2D eigenvalue weighted by atomic mass is 9.86. The van der Waals surface area contributed by atoms with Crippen molar-refractivity contribution < 1.29 is 27.8 Å². The van der Waals surface area contributed by atoms with E-state index in [1.807, 2.05) is 12.1 Å². The molecule has 2 unspecified atom stereocenters. The first-order valence-corrected chi connectivity index (χ1v) is 14.0. The van der Waals surface area contributed by atoms with Gasteiger partial charge in [0.15, 0.2) is 0 Å². The van der Waals surface area contributed by atoms with Gasteiger partial charge in [0.05, 0.1) is 12.0 Å². The number of carboxylic acids is 1. The van der Waals surface area contributed by atoms with Crippen molar-refractivity contribution in [3.8, 4) is 5.75 Å². The Morgan fingerprint density at radius 1 is 1.03 bits per heavy atom. The van der Waals surface area contributed by atoms with Crippen LogP contribution in [0.2, 0.25) is 0 Å². The molecule has 0 aromatic heterocycles. The first-order chi connectivity index (χ1) is 17.7. The third kappa shape index (κ3) is 5.76. The standard InChI is InChI=1S/C30H38F3NO3/c1-2-19-5-11-25(12-6-19)37-27-14-8-21-16-20(7-13-26(21)28(27)30(31,32)33)4-3-15-34-23-9-10-24(34)18-22(17-23)29(35)36/h7-8,13-14,16,19,22-25H,2-6,9-12,15,17-18H2,1H3,(H,35,36)/t19?,22?,23-,24?,25?/m0/s1. The minimum atomic E-state index is -4.49. The molecule has 2 aromatic rings. The van der Waals surface area contributed by atoms with Crippen LogP contribution in [-0.2, 0) is 17.4 Å². The van der Waals surface area contributed by atoms with Crippen LogP contribution in [0.3, 0.4) is 0 Å². The Kier molecular flexibility index (Phi) is 7.71. The summed E-state index contributed by atoms with van der Waals surface area (Å²) in [6.07, 6.45) is 5.39. The van der Waals surface area contributed by atoms with Crippen molar-refractivity contribution in [1.29, 1.82) is 0 Å². The molecule has 0 radical (unpaired) electrons. The monoisotopic (exact) mass is 517 g/mol. The van der Waals surface area contributed by atoms with E-state index < -0.39 is 17.7 Å². The number of aryl methyl sites for hydroxylation is 1. The topological polar surface area (TPSA) is 49.8 Å². The van der Waals surface area contributed by atoms with Gasteiger partial charge in [-0.25, -0.2) is 0 Å². The zero-order valence-electron chi connectivity index (χ0n) is 21.6. The van der Waals surface area contributed by atoms with E-state index in [0.29, 0.717) is 23.4 Å². The summed E-state index contributed by atoms with van der Waals surface area (Å²) in [6, 6.07) is 9.27. The number of carbonyl (C=O) groups is 1. The van der Waals surface area contributed by atoms with Crippen LogP contribution in [0.4, 0.5) is 13.2 Å². The highest BCUT2D eigenvalue weighted by atomic mass is 19.4. The van der Waals surface area contributed by atoms with Crippen LogP contribution in [0.1, 0.15) is 82.3 Å². The number of nitrogens with zero attached hydrogens (tertiary/aromatic N) is 1. The number of halogens is 3. The Bertz CT molecular complexity index is 1100. The van der Waals surface area contributed by atoms with Crippen LogP contribution < -0.4 is 4.74 Å². The predicted octanol–water partition coefficient (Wildman–Crippen LogP) is 7.47. The van der Waals surface area contributed by atoms with Crippen molar-refractivity contribution in [2.45, 2.75) is 102 Å². The second-order valence-corrected chi connectivity index (χ2v) is 11.4. The molecule has 2 aromatic carbocycles. The third-order valence-electron chi connectivity index (χ3n) is 9.11. The van der Waals surface area contributed by atoms with Crippen LogP contribution in [0.5, 0.6) is 5.75 Å². The fourth-order valence-electron chi connectivity index (χ4n) is 7.05. The van der Waals surface area contributed by atoms with E-state index >= 15 is 0 Å². The summed E-state index contributed by atoms with van der Waals surface area (Å²) in [5.41, 5.74) is 0.368. The number of hydrogen-bond donors (Lipinski definition) is 1. The molecule has 3 aliphatic rings. The largest absolute Gasteiger partial charge is 0.490 e. The fraction of sp³-hybridized carbons (Fsp3) is 0.633. The second-order valence-electron chi connectivity index (χ2n) is 11.4. The maximum atomic E-state index is 14.2. The molecule has 3 fully saturated rings. The lowest BCUT2D eigenvalue weighted by Crippen LogP contribution is -2.45. The maximum Gasteiger partial charge on any atom is 0.420 e. The molecule has 2 aliphatic heterocycles. The molecule has 2 heterocycles. The van der Waals surface area contributed by atoms with E-state index in [1.54, 1.807) is 12.1 Å². The molecule has 1 saturated carbocycles. The van der Waals surface area contributed by atoms with Crippen LogP contribution in [0.25, 0.3) is 10.8 Å². The SMILES string of the molecule is CCC1CCC(Oc2ccc3cc(CCCN4C5CC[C@H]4CC(C(=O)O)C5)ccc3c2C(F)(F)F)CC1. The van der Waals surface area contributed by atoms with Crippen molar-refractivity contribution >= 4 is 16.7 Å². The number of fused-ring (bicyclic) bond motifs is 3. The molecule has 1 N–H and O–H groups in total. The van der Waals surface area contributed by atoms with Crippen LogP contribution in [-0.4, -0.2) is 40.7 Å². The van der Waals surface area contributed by atoms with E-state index in [0.717, 1.165) is 82.7 Å². The predicted molar refractivity (Wildman–Crippen MR) is 138 cm³/mol. The Morgan fingerprint density at radius 3 is 2.35 bits per heavy atom. The minimum Gasteiger partial charge on any atom is -0.490 e. The first-order valence-electron chi connectivity index (χ1n) is 14.0. The number of benzene rings is 2. The highest BCUT2D eigenvalue weighted by molar-refractivity contribution is 5.89. The van der Waals surface area contributed by atoms with Crippen molar-refractivity contribution in [2.24, 2.45) is 11.8 Å². The molecule has 2 bridgehead atoms. The quantitative estimate of drug-likeness (QED) is 0.395. The van der Waals surface area contributed by atoms with Crippen molar-refractivity contribution in [1.82, 2.24) is 4.90 Å². The van der Waals surface area contributed by atoms with Gasteiger partial charge in [0.1, 0.15) is 11.3 Å². The van der Waals surface area contributed by atoms with Gasteiger partial charge in [-0.2, -0.15) is 13.2 Å². The molecule has 1 aliphatic carbocycles. The molecule has 0 amide bonds. The molecule has 202 valence electrons. The van der Waals surface area contributed by atoms with Gasteiger partial charge in [-0.1, -0.05) is 37.6 Å². The average Bonchev–Trinajstić information content (AvgIpc) is 3.09. The summed E-state index contributed by atoms with van der Waals surface area (Å²) in [7, 11) is 0. The molecule has 37 heavy (non-hydrogen) atoms. The summed E-state index contributed by atoms with van der Waals surface area (Å²) in [4.78, 5) is 13.9. The fourth-order valence-corrected chi connectivity index (χ4v) is 7.05. The molecule has 5 rings (SSSR count). The summed E-state index contributed by atoms with van der Waals surface area (Å²) in [6.45, 7) is 3.07. The molecule has 0 spiro atoms. The van der Waals surface area contributed by atoms with Crippen molar-refractivity contribution in [3.63, 3.8) is 0 Å². The summed E-state index contributed by atoms with van der Waals surface area (Å²) >= 11 is 0. The normalized spacial score (nSPS) is 28.5. The number of piperidine rings is 1. The molecule has 3 atom stereocenters. The van der Waals surface area contributed by atoms with Crippen molar-refractivity contribution in [3.05, 3.63) is 41.5 Å². The lowest BCUT2D eigenvalue weighted by molar-refractivity contribution is -0.144. The van der Waals surface area contributed by atoms with Gasteiger partial charge in [0.2, 0.25) is 0 Å². The van der Waals surface area contributed by atoms with Crippen molar-refractivity contribution in [2.75, 3.05) is 6.54 Å². The summed E-state index contributed by atoms with van der Waals surface area (Å²) in [5, 5.41) is 10.2. The Hall–Kier alpha value is -2.28. The molecular weight excluding hydrogens is 479 g/mol. The first kappa shape index (κ1) is 26.3. The van der Waals surface area contributed by atoms with E-state index in [-0.39, 0.29) is 23.2 Å². The number of hydrogen-bond acceptors (Lipinski definition) is 3. The third-order valence-corrected chi connectivity index (χ3v) is 9.11. The highest BCUT2D eigenvalue weighted by Gasteiger charge is 2.42. The minimum absolute atomic E-state index is 0.0482. The summed E-state index contributed by atoms with van der Waals surface area (Å²) in [5.74, 6) is -0.294. The van der Waals surface area contributed by atoms with E-state index in [9.17, 15) is 23.1 Å². The number of aliphatic carboxylic acids is 1. The average molecular weight is 518 g/mol. The molecule has 4 nitrogen and oxygen atoms in total. The number of alkyl halides is 3. The van der Waals surface area contributed by atoms with Gasteiger partial charge in [-0.15, -0.1) is 0 Å². The van der Waals surface area contributed by atoms with Crippen LogP contribution in [0.15, 0.2) is 30.3 Å². The van der Waals surface area contributed by atoms with E-state index in [2.05, 4.69) is 11.8 Å². The Balaban J connectivity index is 1.26. The van der Waals surface area contributed by atoms with Gasteiger partial charge >= 0.3 is 12.1 Å². The smallest absolute Gasteiger partial charge is 0.420 e. The zero-order valence-corrected chi connectivity index (χ0v) is 21.6. The van der Waals surface area contributed by atoms with E-state index in [1.165, 1.54) is 6.07 Å². The van der Waals surface area contributed by atoms with E-state index in [4.69, 9.17) is 4.74 Å². The second kappa shape index (κ2) is 10.8. The number of ether oxygens (including phenoxy) is 1. The Labute approximate surface area is 217 Å². The maximum absolute atomic E-state index is 14.2. The van der Waals surface area contributed by atoms with Gasteiger partial charge in [-0.3, -0.25) is 9.69 Å². The van der Waals surface area contributed by atoms with Gasteiger partial charge in [0, 0.05) is 12.1 Å². The number of rotatable bonds is 8. The molecule has 7 heteroatoms. The van der Waals surface area contributed by atoms with Gasteiger partial charge in [0.25, 0.3) is 0 Å². The van der Waals surface area contributed by atoms with Gasteiger partial charge < -0.3 is 9.84 Å². The lowest BCUT2D eigenvalue weighted by Gasteiger charge is -2.37. The number of carboxylic acid groups (broad SMARTS) is 1. The Morgan fingerprint density at radius 2 is 1.73 bits per heavy atom. The molecule has 2 saturated heterocycles.